The van der Waals surface area contributed by atoms with Crippen LogP contribution in [-0.2, 0) is 26.2 Å². The highest BCUT2D eigenvalue weighted by molar-refractivity contribution is 6.42. The molecule has 3 heterocycles. The number of aliphatic hydroxyl groups excluding tert-OH is 2. The zero-order valence-electron chi connectivity index (χ0n) is 30.4. The van der Waals surface area contributed by atoms with Crippen LogP contribution in [0.5, 0.6) is 0 Å². The summed E-state index contributed by atoms with van der Waals surface area (Å²) in [5.41, 5.74) is 5.82. The third-order valence-electron chi connectivity index (χ3n) is 9.53. The molecule has 11 nitrogen and oxygen atoms in total. The Kier molecular flexibility index (Phi) is 12.2. The fraction of sp³-hybridized carbons (Fsp3) is 0.143. The van der Waals surface area contributed by atoms with Crippen LogP contribution in [0.1, 0.15) is 29.0 Å². The van der Waals surface area contributed by atoms with Crippen LogP contribution in [0.15, 0.2) is 115 Å². The summed E-state index contributed by atoms with van der Waals surface area (Å²) < 4.78 is 22.5. The number of halogens is 5. The van der Waals surface area contributed by atoms with Gasteiger partial charge in [0, 0.05) is 0 Å². The smallest absolute Gasteiger partial charge is 0.203 e. The standard InChI is InChI=1S/C24H19Cl2FN6O.C18H15Cl2N3O/c25-17-10-9-15(11-18(17)26)23(34)14-32-22-8-4-3-7-21(22)31(24(32)28)12-16-13-33(30-29-16)20-6-2-1-5-19(20)27;1-2-9-22-15-5-3-4-6-16(15)23(18(22)21)11-17(24)12-7-8-13(19)14(20)10-12/h1-11,13,23,28,34H,12,14H2;1,3-8,10,17,21,24H,9,11H2. The Morgan fingerprint density at radius 1 is 0.638 bits per heavy atom. The van der Waals surface area contributed by atoms with E-state index >= 15 is 0 Å². The molecule has 2 unspecified atom stereocenters. The average molecular weight is 858 g/mol. The Bertz CT molecular complexity index is 2940. The van der Waals surface area contributed by atoms with Crippen molar-refractivity contribution in [1.29, 1.82) is 10.8 Å². The van der Waals surface area contributed by atoms with E-state index in [2.05, 4.69) is 16.2 Å². The Balaban J connectivity index is 0.000000188. The molecule has 0 radical (unpaired) electrons. The van der Waals surface area contributed by atoms with Crippen LogP contribution >= 0.6 is 46.4 Å². The molecular formula is C42H34Cl4FN9O2. The van der Waals surface area contributed by atoms with Crippen molar-refractivity contribution in [2.45, 2.75) is 38.4 Å². The van der Waals surface area contributed by atoms with Crippen molar-refractivity contribution in [2.24, 2.45) is 0 Å². The summed E-state index contributed by atoms with van der Waals surface area (Å²) in [6, 6.07) is 31.5. The molecule has 0 aliphatic heterocycles. The first-order valence-corrected chi connectivity index (χ1v) is 19.3. The van der Waals surface area contributed by atoms with Gasteiger partial charge in [0.2, 0.25) is 11.2 Å². The number of fused-ring (bicyclic) bond motifs is 2. The summed E-state index contributed by atoms with van der Waals surface area (Å²) in [5.74, 6) is 2.16. The lowest BCUT2D eigenvalue weighted by Crippen LogP contribution is -2.27. The first kappa shape index (κ1) is 40.5. The van der Waals surface area contributed by atoms with Crippen LogP contribution in [-0.4, -0.2) is 43.5 Å². The number of terminal acetylenes is 1. The Morgan fingerprint density at radius 2 is 1.10 bits per heavy atom. The van der Waals surface area contributed by atoms with Gasteiger partial charge >= 0.3 is 0 Å². The normalized spacial score (nSPS) is 12.3. The van der Waals surface area contributed by atoms with Crippen LogP contribution in [0.25, 0.3) is 27.8 Å². The van der Waals surface area contributed by atoms with Crippen LogP contribution in [0.2, 0.25) is 20.1 Å². The SMILES string of the molecule is C#CCn1c(=N)n(CC(O)c2ccc(Cl)c(Cl)c2)c2ccccc21.N=c1n(Cc2cn(-c3ccccc3F)nn2)c2ccccc2n1CC(O)c1ccc(Cl)c(Cl)c1. The number of para-hydroxylation sites is 5. The zero-order chi connectivity index (χ0) is 41.1. The quantitative estimate of drug-likeness (QED) is 0.103. The number of nitrogens with zero attached hydrogens (tertiary/aromatic N) is 7. The summed E-state index contributed by atoms with van der Waals surface area (Å²) in [6.45, 7) is 0.917. The van der Waals surface area contributed by atoms with Gasteiger partial charge < -0.3 is 23.9 Å². The lowest BCUT2D eigenvalue weighted by molar-refractivity contribution is 0.155. The van der Waals surface area contributed by atoms with Crippen molar-refractivity contribution in [2.75, 3.05) is 0 Å². The third-order valence-corrected chi connectivity index (χ3v) is 11.0. The van der Waals surface area contributed by atoms with Gasteiger partial charge in [-0.1, -0.05) is 106 Å². The number of imidazole rings is 2. The van der Waals surface area contributed by atoms with Crippen LogP contribution in [0, 0.1) is 29.0 Å². The number of aromatic nitrogens is 7. The molecule has 4 N–H and O–H groups in total. The van der Waals surface area contributed by atoms with Crippen LogP contribution in [0.4, 0.5) is 4.39 Å². The van der Waals surface area contributed by atoms with Crippen molar-refractivity contribution in [3.63, 3.8) is 0 Å². The van der Waals surface area contributed by atoms with Crippen molar-refractivity contribution < 1.29 is 14.6 Å². The summed E-state index contributed by atoms with van der Waals surface area (Å²) in [5, 5.41) is 48.4. The van der Waals surface area contributed by atoms with Crippen LogP contribution in [0.3, 0.4) is 0 Å². The lowest BCUT2D eigenvalue weighted by Gasteiger charge is -2.13. The molecule has 5 aromatic carbocycles. The maximum atomic E-state index is 14.1. The van der Waals surface area contributed by atoms with Gasteiger partial charge in [-0.25, -0.2) is 9.07 Å². The van der Waals surface area contributed by atoms with Gasteiger partial charge in [-0.15, -0.1) is 11.5 Å². The van der Waals surface area contributed by atoms with E-state index in [-0.39, 0.29) is 30.9 Å². The van der Waals surface area contributed by atoms with Crippen LogP contribution < -0.4 is 11.2 Å². The molecule has 8 aromatic rings. The molecule has 0 aliphatic carbocycles. The average Bonchev–Trinajstić information content (AvgIpc) is 3.87. The van der Waals surface area contributed by atoms with Crippen molar-refractivity contribution in [3.8, 4) is 18.0 Å². The highest BCUT2D eigenvalue weighted by Gasteiger charge is 2.19. The second kappa shape index (κ2) is 17.5. The summed E-state index contributed by atoms with van der Waals surface area (Å²) in [6.07, 6.45) is 5.33. The fourth-order valence-electron chi connectivity index (χ4n) is 6.65. The maximum Gasteiger partial charge on any atom is 0.203 e. The second-order valence-electron chi connectivity index (χ2n) is 13.2. The molecule has 3 aromatic heterocycles. The molecule has 0 spiro atoms. The van der Waals surface area contributed by atoms with Gasteiger partial charge in [-0.3, -0.25) is 15.4 Å². The Hall–Kier alpha value is -5.65. The van der Waals surface area contributed by atoms with E-state index in [1.54, 1.807) is 79.1 Å². The molecule has 8 rings (SSSR count). The second-order valence-corrected chi connectivity index (χ2v) is 14.8. The molecule has 16 heteroatoms. The highest BCUT2D eigenvalue weighted by atomic mass is 35.5. The Labute approximate surface area is 351 Å². The summed E-state index contributed by atoms with van der Waals surface area (Å²) in [7, 11) is 0. The molecule has 0 aliphatic rings. The molecule has 58 heavy (non-hydrogen) atoms. The Morgan fingerprint density at radius 3 is 1.60 bits per heavy atom. The molecule has 0 saturated heterocycles. The van der Waals surface area contributed by atoms with Gasteiger partial charge in [-0.05, 0) is 71.8 Å². The van der Waals surface area contributed by atoms with Gasteiger partial charge in [0.15, 0.2) is 0 Å². The number of benzene rings is 5. The van der Waals surface area contributed by atoms with E-state index in [1.165, 1.54) is 10.7 Å². The zero-order valence-corrected chi connectivity index (χ0v) is 33.5. The van der Waals surface area contributed by atoms with E-state index in [9.17, 15) is 14.6 Å². The number of hydrogen-bond donors (Lipinski definition) is 4. The lowest BCUT2D eigenvalue weighted by atomic mass is 10.1. The summed E-state index contributed by atoms with van der Waals surface area (Å²) in [4.78, 5) is 0. The van der Waals surface area contributed by atoms with Gasteiger partial charge in [0.05, 0.1) is 86.7 Å². The molecule has 0 saturated carbocycles. The first-order chi connectivity index (χ1) is 27.9. The van der Waals surface area contributed by atoms with Crippen molar-refractivity contribution in [3.05, 3.63) is 169 Å². The highest BCUT2D eigenvalue weighted by Crippen LogP contribution is 2.28. The molecule has 0 fully saturated rings. The van der Waals surface area contributed by atoms with Gasteiger partial charge in [0.1, 0.15) is 17.2 Å². The predicted molar refractivity (Wildman–Crippen MR) is 224 cm³/mol. The molecule has 294 valence electrons. The minimum Gasteiger partial charge on any atom is -0.387 e. The van der Waals surface area contributed by atoms with Crippen molar-refractivity contribution >= 4 is 68.5 Å². The van der Waals surface area contributed by atoms with E-state index in [0.29, 0.717) is 49.1 Å². The molecule has 0 bridgehead atoms. The first-order valence-electron chi connectivity index (χ1n) is 17.8. The minimum absolute atomic E-state index is 0.145. The van der Waals surface area contributed by atoms with E-state index in [4.69, 9.17) is 63.6 Å². The maximum absolute atomic E-state index is 14.1. The number of nitrogens with one attached hydrogen (secondary N) is 2. The van der Waals surface area contributed by atoms with E-state index in [1.807, 2.05) is 48.5 Å². The number of aliphatic hydroxyl groups is 2. The largest absolute Gasteiger partial charge is 0.387 e. The minimum atomic E-state index is -0.898. The van der Waals surface area contributed by atoms with Gasteiger partial charge in [0.25, 0.3) is 0 Å². The van der Waals surface area contributed by atoms with E-state index in [0.717, 1.165) is 22.1 Å². The monoisotopic (exact) mass is 855 g/mol. The summed E-state index contributed by atoms with van der Waals surface area (Å²) >= 11 is 24.0. The molecule has 0 amide bonds. The topological polar surface area (TPSA) is 139 Å². The fourth-order valence-corrected chi connectivity index (χ4v) is 7.27. The number of hydrogen-bond acceptors (Lipinski definition) is 6. The molecule has 2 atom stereocenters. The number of rotatable bonds is 10. The van der Waals surface area contributed by atoms with Crippen molar-refractivity contribution in [1.82, 2.24) is 33.3 Å². The molecular weight excluding hydrogens is 823 g/mol. The third kappa shape index (κ3) is 8.33. The van der Waals surface area contributed by atoms with E-state index < -0.39 is 18.0 Å². The predicted octanol–water partition coefficient (Wildman–Crippen LogP) is 8.33. The van der Waals surface area contributed by atoms with Gasteiger partial charge in [-0.2, -0.15) is 0 Å².